The third-order valence-electron chi connectivity index (χ3n) is 9.09. The van der Waals surface area contributed by atoms with E-state index in [0.29, 0.717) is 22.7 Å². The van der Waals surface area contributed by atoms with E-state index in [9.17, 15) is 14.7 Å². The van der Waals surface area contributed by atoms with Crippen molar-refractivity contribution in [3.8, 4) is 28.0 Å². The van der Waals surface area contributed by atoms with Crippen LogP contribution in [0.25, 0.3) is 22.3 Å². The summed E-state index contributed by atoms with van der Waals surface area (Å²) in [5.74, 6) is 0.582. The molecule has 234 valence electrons. The molecule has 3 aliphatic rings. The molecule has 6 rings (SSSR count). The van der Waals surface area contributed by atoms with Gasteiger partial charge in [-0.1, -0.05) is 6.07 Å². The normalized spacial score (nSPS) is 22.9. The topological polar surface area (TPSA) is 128 Å². The van der Waals surface area contributed by atoms with E-state index >= 15 is 0 Å². The Morgan fingerprint density at radius 2 is 1.82 bits per heavy atom. The van der Waals surface area contributed by atoms with E-state index in [4.69, 9.17) is 23.9 Å². The van der Waals surface area contributed by atoms with Crippen LogP contribution in [0.5, 0.6) is 5.75 Å². The number of carbonyl (C=O) groups excluding carboxylic acids is 1. The minimum atomic E-state index is -0.848. The molecule has 5 heterocycles. The van der Waals surface area contributed by atoms with Crippen LogP contribution >= 0.6 is 0 Å². The van der Waals surface area contributed by atoms with Crippen LogP contribution in [0.3, 0.4) is 0 Å². The minimum Gasteiger partial charge on any atom is -0.467 e. The lowest BCUT2D eigenvalue weighted by atomic mass is 9.96. The second-order valence-electron chi connectivity index (χ2n) is 11.7. The standard InChI is InChI=1S/C32H39N5O7/c1-35(24-15-22-8-9-23(16-24)37(22)32(39)40)28-12-11-26(30(34-28)31(38)42-3)25-10-7-20(14-27(25)44-19-41-2)21-17-33-36(18-21)29-6-4-5-13-43-29/h7,10-12,14,17-18,22-24,29H,4-6,8-9,13,15-16,19H2,1-3H3,(H,39,40)/t22-,23+,24-,29?. The van der Waals surface area contributed by atoms with Crippen LogP contribution in [0.15, 0.2) is 42.7 Å². The van der Waals surface area contributed by atoms with Crippen LogP contribution < -0.4 is 9.64 Å². The predicted molar refractivity (Wildman–Crippen MR) is 162 cm³/mol. The monoisotopic (exact) mass is 605 g/mol. The van der Waals surface area contributed by atoms with Gasteiger partial charge >= 0.3 is 12.1 Å². The zero-order chi connectivity index (χ0) is 30.8. The number of amides is 1. The van der Waals surface area contributed by atoms with Crippen LogP contribution in [0, 0.1) is 0 Å². The molecule has 3 saturated heterocycles. The number of benzene rings is 1. The average molecular weight is 606 g/mol. The molecule has 0 radical (unpaired) electrons. The van der Waals surface area contributed by atoms with E-state index in [-0.39, 0.29) is 36.8 Å². The molecule has 12 heteroatoms. The average Bonchev–Trinajstić information content (AvgIpc) is 3.66. The Kier molecular flexibility index (Phi) is 8.72. The van der Waals surface area contributed by atoms with E-state index in [1.165, 1.54) is 7.11 Å². The van der Waals surface area contributed by atoms with Gasteiger partial charge in [-0.05, 0) is 74.8 Å². The number of piperidine rings is 1. The molecule has 3 fully saturated rings. The van der Waals surface area contributed by atoms with Crippen molar-refractivity contribution in [2.45, 2.75) is 69.3 Å². The fourth-order valence-electron chi connectivity index (χ4n) is 6.82. The van der Waals surface area contributed by atoms with Gasteiger partial charge in [0.15, 0.2) is 12.5 Å². The summed E-state index contributed by atoms with van der Waals surface area (Å²) >= 11 is 0. The number of anilines is 1. The summed E-state index contributed by atoms with van der Waals surface area (Å²) in [6, 6.07) is 9.62. The summed E-state index contributed by atoms with van der Waals surface area (Å²) in [7, 11) is 4.84. The maximum absolute atomic E-state index is 13.1. The highest BCUT2D eigenvalue weighted by atomic mass is 16.7. The van der Waals surface area contributed by atoms with Crippen molar-refractivity contribution in [2.24, 2.45) is 0 Å². The van der Waals surface area contributed by atoms with E-state index in [0.717, 1.165) is 62.7 Å². The Labute approximate surface area is 256 Å². The van der Waals surface area contributed by atoms with Gasteiger partial charge in [-0.3, -0.25) is 0 Å². The molecule has 2 aromatic heterocycles. The van der Waals surface area contributed by atoms with Crippen molar-refractivity contribution in [3.05, 3.63) is 48.4 Å². The predicted octanol–water partition coefficient (Wildman–Crippen LogP) is 5.19. The first-order chi connectivity index (χ1) is 21.4. The lowest BCUT2D eigenvalue weighted by molar-refractivity contribution is -0.0394. The van der Waals surface area contributed by atoms with Gasteiger partial charge in [-0.2, -0.15) is 5.10 Å². The molecule has 44 heavy (non-hydrogen) atoms. The first kappa shape index (κ1) is 29.9. The Bertz CT molecular complexity index is 1490. The summed E-state index contributed by atoms with van der Waals surface area (Å²) in [6.45, 7) is 0.755. The first-order valence-corrected chi connectivity index (χ1v) is 15.1. The second kappa shape index (κ2) is 12.8. The van der Waals surface area contributed by atoms with Gasteiger partial charge in [0.2, 0.25) is 0 Å². The van der Waals surface area contributed by atoms with Gasteiger partial charge in [0.25, 0.3) is 0 Å². The molecule has 2 bridgehead atoms. The number of rotatable bonds is 9. The van der Waals surface area contributed by atoms with E-state index in [2.05, 4.69) is 10.00 Å². The van der Waals surface area contributed by atoms with Crippen LogP contribution in [0.4, 0.5) is 10.6 Å². The molecular weight excluding hydrogens is 566 g/mol. The third-order valence-corrected chi connectivity index (χ3v) is 9.09. The summed E-state index contributed by atoms with van der Waals surface area (Å²) in [6.07, 6.45) is 9.17. The highest BCUT2D eigenvalue weighted by Crippen LogP contribution is 2.40. The maximum atomic E-state index is 13.1. The molecule has 3 aromatic rings. The SMILES string of the molecule is COCOc1cc(-c2cnn(C3CCCCO3)c2)ccc1-c1ccc(N(C)[C@@H]2C[C@H]3CC[C@@H](C2)N3C(=O)O)nc1C(=O)OC. The lowest BCUT2D eigenvalue weighted by Crippen LogP contribution is -2.51. The van der Waals surface area contributed by atoms with Crippen molar-refractivity contribution in [1.29, 1.82) is 0 Å². The number of ether oxygens (including phenoxy) is 4. The number of nitrogens with zero attached hydrogens (tertiary/aromatic N) is 5. The Morgan fingerprint density at radius 3 is 2.50 bits per heavy atom. The van der Waals surface area contributed by atoms with Gasteiger partial charge in [-0.25, -0.2) is 19.3 Å². The molecular formula is C32H39N5O7. The van der Waals surface area contributed by atoms with E-state index < -0.39 is 12.1 Å². The molecule has 1 aromatic carbocycles. The number of pyridine rings is 1. The number of hydrogen-bond donors (Lipinski definition) is 1. The van der Waals surface area contributed by atoms with Crippen LogP contribution in [0.2, 0.25) is 0 Å². The van der Waals surface area contributed by atoms with Gasteiger partial charge < -0.3 is 33.9 Å². The van der Waals surface area contributed by atoms with Crippen molar-refractivity contribution < 1.29 is 33.6 Å². The van der Waals surface area contributed by atoms with Gasteiger partial charge in [0.05, 0.1) is 13.3 Å². The molecule has 0 spiro atoms. The Morgan fingerprint density at radius 1 is 1.05 bits per heavy atom. The van der Waals surface area contributed by atoms with Crippen LogP contribution in [-0.2, 0) is 14.2 Å². The van der Waals surface area contributed by atoms with Crippen molar-refractivity contribution in [3.63, 3.8) is 0 Å². The molecule has 3 aliphatic heterocycles. The second-order valence-corrected chi connectivity index (χ2v) is 11.7. The van der Waals surface area contributed by atoms with E-state index in [1.54, 1.807) is 12.0 Å². The number of carbonyl (C=O) groups is 2. The fourth-order valence-corrected chi connectivity index (χ4v) is 6.82. The minimum absolute atomic E-state index is 0.000598. The highest BCUT2D eigenvalue weighted by Gasteiger charge is 2.44. The number of carboxylic acid groups (broad SMARTS) is 1. The molecule has 1 amide bonds. The van der Waals surface area contributed by atoms with E-state index in [1.807, 2.05) is 54.5 Å². The maximum Gasteiger partial charge on any atom is 0.407 e. The quantitative estimate of drug-likeness (QED) is 0.257. The molecule has 12 nitrogen and oxygen atoms in total. The Balaban J connectivity index is 1.30. The fraction of sp³-hybridized carbons (Fsp3) is 0.500. The van der Waals surface area contributed by atoms with Crippen LogP contribution in [0.1, 0.15) is 61.7 Å². The first-order valence-electron chi connectivity index (χ1n) is 15.1. The molecule has 4 atom stereocenters. The Hall–Kier alpha value is -4.16. The number of aromatic nitrogens is 3. The molecule has 0 aliphatic carbocycles. The summed E-state index contributed by atoms with van der Waals surface area (Å²) in [5, 5.41) is 14.2. The smallest absolute Gasteiger partial charge is 0.407 e. The van der Waals surface area contributed by atoms with Crippen molar-refractivity contribution in [2.75, 3.05) is 39.6 Å². The molecule has 1 N–H and O–H groups in total. The zero-order valence-electron chi connectivity index (χ0n) is 25.3. The summed E-state index contributed by atoms with van der Waals surface area (Å²) in [5.41, 5.74) is 3.22. The molecule has 0 saturated carbocycles. The van der Waals surface area contributed by atoms with Crippen LogP contribution in [-0.4, -0.2) is 89.6 Å². The number of fused-ring (bicyclic) bond motifs is 2. The third kappa shape index (κ3) is 5.83. The zero-order valence-corrected chi connectivity index (χ0v) is 25.3. The van der Waals surface area contributed by atoms with Gasteiger partial charge in [-0.15, -0.1) is 0 Å². The summed E-state index contributed by atoms with van der Waals surface area (Å²) in [4.78, 5) is 33.3. The highest BCUT2D eigenvalue weighted by molar-refractivity contribution is 5.97. The lowest BCUT2D eigenvalue weighted by Gasteiger charge is -2.41. The van der Waals surface area contributed by atoms with Gasteiger partial charge in [0, 0.05) is 61.8 Å². The number of methoxy groups -OCH3 is 2. The van der Waals surface area contributed by atoms with Crippen molar-refractivity contribution >= 4 is 17.9 Å². The summed E-state index contributed by atoms with van der Waals surface area (Å²) < 4.78 is 24.1. The largest absolute Gasteiger partial charge is 0.467 e. The number of esters is 1. The van der Waals surface area contributed by atoms with Crippen molar-refractivity contribution in [1.82, 2.24) is 19.7 Å². The molecule has 1 unspecified atom stereocenters. The van der Waals surface area contributed by atoms with Gasteiger partial charge in [0.1, 0.15) is 17.8 Å². The number of hydrogen-bond acceptors (Lipinski definition) is 9.